The van der Waals surface area contributed by atoms with Gasteiger partial charge >= 0.3 is 0 Å². The average molecular weight is 537 g/mol. The lowest BCUT2D eigenvalue weighted by molar-refractivity contribution is 0.0951. The van der Waals surface area contributed by atoms with E-state index in [0.29, 0.717) is 54.2 Å². The van der Waals surface area contributed by atoms with Gasteiger partial charge in [0.25, 0.3) is 5.91 Å². The second-order valence-electron chi connectivity index (χ2n) is 9.12. The molecule has 1 amide bonds. The highest BCUT2D eigenvalue weighted by Crippen LogP contribution is 2.29. The fraction of sp³-hybridized carbons (Fsp3) is 0.133. The van der Waals surface area contributed by atoms with E-state index >= 15 is 0 Å². The third kappa shape index (κ3) is 5.32. The van der Waals surface area contributed by atoms with E-state index in [-0.39, 0.29) is 11.7 Å². The molecule has 0 atom stereocenters. The van der Waals surface area contributed by atoms with Crippen LogP contribution >= 0.6 is 0 Å². The summed E-state index contributed by atoms with van der Waals surface area (Å²) in [5, 5.41) is 10.7. The largest absolute Gasteiger partial charge is 0.495 e. The minimum atomic E-state index is -0.307. The van der Waals surface area contributed by atoms with Crippen molar-refractivity contribution in [2.24, 2.45) is 4.99 Å². The lowest BCUT2D eigenvalue weighted by atomic mass is 10.1. The number of hydrogen-bond donors (Lipinski definition) is 2. The minimum Gasteiger partial charge on any atom is -0.495 e. The van der Waals surface area contributed by atoms with Crippen LogP contribution in [0.4, 0.5) is 16.0 Å². The third-order valence-electron chi connectivity index (χ3n) is 6.46. The first-order valence-corrected chi connectivity index (χ1v) is 12.7. The summed E-state index contributed by atoms with van der Waals surface area (Å²) in [6, 6.07) is 22.8. The lowest BCUT2D eigenvalue weighted by Gasteiger charge is -2.10. The van der Waals surface area contributed by atoms with E-state index < -0.39 is 0 Å². The number of pyridine rings is 1. The molecule has 0 aliphatic carbocycles. The molecule has 0 saturated carbocycles. The predicted octanol–water partition coefficient (Wildman–Crippen LogP) is 4.99. The molecule has 2 aromatic heterocycles. The van der Waals surface area contributed by atoms with E-state index in [2.05, 4.69) is 25.7 Å². The highest BCUT2D eigenvalue weighted by Gasteiger charge is 2.15. The van der Waals surface area contributed by atoms with Gasteiger partial charge in [0.15, 0.2) is 5.65 Å². The van der Waals surface area contributed by atoms with E-state index in [4.69, 9.17) is 9.47 Å². The number of halogens is 1. The Morgan fingerprint density at radius 1 is 1.00 bits per heavy atom. The molecule has 9 nitrogen and oxygen atoms in total. The van der Waals surface area contributed by atoms with Gasteiger partial charge in [0.05, 0.1) is 19.3 Å². The summed E-state index contributed by atoms with van der Waals surface area (Å²) in [4.78, 5) is 21.5. The molecule has 1 aliphatic rings. The molecule has 2 N–H and O–H groups in total. The number of carbonyl (C=O) groups is 1. The molecule has 200 valence electrons. The Balaban J connectivity index is 1.15. The highest BCUT2D eigenvalue weighted by atomic mass is 19.1. The predicted molar refractivity (Wildman–Crippen MR) is 150 cm³/mol. The molecule has 3 aromatic carbocycles. The average Bonchev–Trinajstić information content (AvgIpc) is 3.67. The van der Waals surface area contributed by atoms with Crippen LogP contribution in [0, 0.1) is 5.82 Å². The Hall–Kier alpha value is -5.25. The van der Waals surface area contributed by atoms with Crippen molar-refractivity contribution in [1.29, 1.82) is 0 Å². The standard InChI is InChI=1S/C30H25FN6O3/c1-39-26-16-22(29-32-14-15-40-29)8-12-25(26)34-30-35-27-13-9-23(18-37(27)36-30)20-4-6-21(7-5-20)28(38)33-17-19-2-10-24(31)11-3-19/h2-13,16,18H,14-15,17H2,1H3,(H,33,38)(H,34,36). The molecule has 3 heterocycles. The zero-order valence-corrected chi connectivity index (χ0v) is 21.6. The number of carbonyl (C=O) groups excluding carboxylic acids is 1. The van der Waals surface area contributed by atoms with Gasteiger partial charge in [0.1, 0.15) is 18.2 Å². The minimum absolute atomic E-state index is 0.203. The highest BCUT2D eigenvalue weighted by molar-refractivity contribution is 5.96. The fourth-order valence-corrected chi connectivity index (χ4v) is 4.37. The quantitative estimate of drug-likeness (QED) is 0.290. The SMILES string of the molecule is COc1cc(C2=NCCO2)ccc1Nc1nc2ccc(-c3ccc(C(=O)NCc4ccc(F)cc4)cc3)cn2n1. The molecule has 0 radical (unpaired) electrons. The topological polar surface area (TPSA) is 102 Å². The normalized spacial score (nSPS) is 12.6. The number of anilines is 2. The van der Waals surface area contributed by atoms with Crippen LogP contribution in [0.15, 0.2) is 90.1 Å². The van der Waals surface area contributed by atoms with Crippen LogP contribution in [0.1, 0.15) is 21.5 Å². The summed E-state index contributed by atoms with van der Waals surface area (Å²) in [5.41, 5.74) is 5.44. The summed E-state index contributed by atoms with van der Waals surface area (Å²) in [5.74, 6) is 1.15. The van der Waals surface area contributed by atoms with Crippen molar-refractivity contribution in [3.63, 3.8) is 0 Å². The van der Waals surface area contributed by atoms with Gasteiger partial charge in [-0.15, -0.1) is 5.10 Å². The monoisotopic (exact) mass is 536 g/mol. The number of methoxy groups -OCH3 is 1. The van der Waals surface area contributed by atoms with E-state index in [1.54, 1.807) is 35.9 Å². The zero-order chi connectivity index (χ0) is 27.5. The van der Waals surface area contributed by atoms with Crippen LogP contribution < -0.4 is 15.4 Å². The summed E-state index contributed by atoms with van der Waals surface area (Å²) < 4.78 is 25.9. The zero-order valence-electron chi connectivity index (χ0n) is 21.6. The van der Waals surface area contributed by atoms with Gasteiger partial charge in [0.2, 0.25) is 11.8 Å². The van der Waals surface area contributed by atoms with Crippen molar-refractivity contribution in [3.8, 4) is 16.9 Å². The van der Waals surface area contributed by atoms with Crippen molar-refractivity contribution < 1.29 is 18.7 Å². The molecule has 0 fully saturated rings. The number of aliphatic imine (C=N–C) groups is 1. The van der Waals surface area contributed by atoms with Crippen LogP contribution in [0.3, 0.4) is 0 Å². The maximum absolute atomic E-state index is 13.1. The number of rotatable bonds is 8. The smallest absolute Gasteiger partial charge is 0.251 e. The van der Waals surface area contributed by atoms with Crippen molar-refractivity contribution >= 4 is 29.1 Å². The summed E-state index contributed by atoms with van der Waals surface area (Å²) in [6.45, 7) is 1.56. The Labute approximate surface area is 229 Å². The van der Waals surface area contributed by atoms with Crippen LogP contribution in [0.25, 0.3) is 16.8 Å². The Morgan fingerprint density at radius 3 is 2.52 bits per heavy atom. The molecule has 6 rings (SSSR count). The summed E-state index contributed by atoms with van der Waals surface area (Å²) in [7, 11) is 1.60. The van der Waals surface area contributed by atoms with E-state index in [0.717, 1.165) is 22.3 Å². The fourth-order valence-electron chi connectivity index (χ4n) is 4.37. The Kier molecular flexibility index (Phi) is 6.80. The number of ether oxygens (including phenoxy) is 2. The molecule has 40 heavy (non-hydrogen) atoms. The number of fused-ring (bicyclic) bond motifs is 1. The van der Waals surface area contributed by atoms with Crippen molar-refractivity contribution in [3.05, 3.63) is 108 Å². The first-order valence-electron chi connectivity index (χ1n) is 12.7. The number of nitrogens with one attached hydrogen (secondary N) is 2. The van der Waals surface area contributed by atoms with E-state index in [9.17, 15) is 9.18 Å². The maximum atomic E-state index is 13.1. The molecule has 0 spiro atoms. The van der Waals surface area contributed by atoms with Crippen molar-refractivity contribution in [2.45, 2.75) is 6.54 Å². The third-order valence-corrected chi connectivity index (χ3v) is 6.46. The Bertz CT molecular complexity index is 1710. The van der Waals surface area contributed by atoms with Crippen LogP contribution in [0.2, 0.25) is 0 Å². The molecule has 0 saturated heterocycles. The van der Waals surface area contributed by atoms with Crippen molar-refractivity contribution in [2.75, 3.05) is 25.6 Å². The number of aromatic nitrogens is 3. The summed E-state index contributed by atoms with van der Waals surface area (Å²) >= 11 is 0. The summed E-state index contributed by atoms with van der Waals surface area (Å²) in [6.07, 6.45) is 1.88. The van der Waals surface area contributed by atoms with Crippen LogP contribution in [0.5, 0.6) is 5.75 Å². The molecular formula is C30H25FN6O3. The van der Waals surface area contributed by atoms with Gasteiger partial charge in [-0.3, -0.25) is 4.79 Å². The van der Waals surface area contributed by atoms with Gasteiger partial charge in [-0.25, -0.2) is 13.9 Å². The van der Waals surface area contributed by atoms with Crippen LogP contribution in [-0.2, 0) is 11.3 Å². The molecular weight excluding hydrogens is 511 g/mol. The molecule has 0 unspecified atom stereocenters. The molecule has 10 heteroatoms. The van der Waals surface area contributed by atoms with E-state index in [1.165, 1.54) is 12.1 Å². The second kappa shape index (κ2) is 10.9. The first kappa shape index (κ1) is 25.1. The van der Waals surface area contributed by atoms with Gasteiger partial charge in [-0.2, -0.15) is 4.98 Å². The molecule has 0 bridgehead atoms. The van der Waals surface area contributed by atoms with Crippen LogP contribution in [-0.4, -0.2) is 46.7 Å². The van der Waals surface area contributed by atoms with Gasteiger partial charge in [0, 0.05) is 29.4 Å². The molecule has 5 aromatic rings. The lowest BCUT2D eigenvalue weighted by Crippen LogP contribution is -2.22. The number of benzene rings is 3. The number of hydrogen-bond acceptors (Lipinski definition) is 7. The first-order chi connectivity index (χ1) is 19.6. The molecule has 1 aliphatic heterocycles. The maximum Gasteiger partial charge on any atom is 0.251 e. The second-order valence-corrected chi connectivity index (χ2v) is 9.12. The van der Waals surface area contributed by atoms with Crippen molar-refractivity contribution in [1.82, 2.24) is 19.9 Å². The Morgan fingerprint density at radius 2 is 1.77 bits per heavy atom. The van der Waals surface area contributed by atoms with E-state index in [1.807, 2.05) is 48.7 Å². The number of nitrogens with zero attached hydrogens (tertiary/aromatic N) is 4. The van der Waals surface area contributed by atoms with Gasteiger partial charge in [-0.1, -0.05) is 24.3 Å². The van der Waals surface area contributed by atoms with Gasteiger partial charge < -0.3 is 20.1 Å². The number of amides is 1. The van der Waals surface area contributed by atoms with Gasteiger partial charge in [-0.05, 0) is 65.7 Å².